The van der Waals surface area contributed by atoms with Crippen LogP contribution in [0.5, 0.6) is 0 Å². The van der Waals surface area contributed by atoms with Gasteiger partial charge in [-0.1, -0.05) is 24.3 Å². The molecule has 0 aliphatic carbocycles. The molecule has 2 rings (SSSR count). The zero-order chi connectivity index (χ0) is 10.7. The fraction of sp³-hybridized carbons (Fsp3) is 0.231. The van der Waals surface area contributed by atoms with Gasteiger partial charge in [-0.25, -0.2) is 0 Å². The molecular formula is C13H15NS. The van der Waals surface area contributed by atoms with Crippen LogP contribution < -0.4 is 0 Å². The molecule has 2 aromatic rings. The van der Waals surface area contributed by atoms with Gasteiger partial charge in [-0.3, -0.25) is 0 Å². The summed E-state index contributed by atoms with van der Waals surface area (Å²) in [6.07, 6.45) is 0. The van der Waals surface area contributed by atoms with Gasteiger partial charge < -0.3 is 4.90 Å². The average molecular weight is 217 g/mol. The molecule has 0 aliphatic heterocycles. The summed E-state index contributed by atoms with van der Waals surface area (Å²) in [5.41, 5.74) is 2.69. The first-order valence-corrected chi connectivity index (χ1v) is 5.91. The van der Waals surface area contributed by atoms with Crippen LogP contribution in [-0.4, -0.2) is 19.0 Å². The van der Waals surface area contributed by atoms with Crippen LogP contribution in [0, 0.1) is 0 Å². The number of nitrogens with zero attached hydrogens (tertiary/aromatic N) is 1. The Labute approximate surface area is 95.0 Å². The van der Waals surface area contributed by atoms with Crippen molar-refractivity contribution in [3.05, 3.63) is 47.3 Å². The van der Waals surface area contributed by atoms with Crippen LogP contribution in [0.1, 0.15) is 5.56 Å². The van der Waals surface area contributed by atoms with Crippen LogP contribution in [-0.2, 0) is 6.54 Å². The molecule has 15 heavy (non-hydrogen) atoms. The van der Waals surface area contributed by atoms with Gasteiger partial charge in [-0.15, -0.1) is 11.3 Å². The molecule has 0 amide bonds. The summed E-state index contributed by atoms with van der Waals surface area (Å²) in [7, 11) is 4.19. The zero-order valence-electron chi connectivity index (χ0n) is 9.10. The van der Waals surface area contributed by atoms with E-state index in [0.717, 1.165) is 6.54 Å². The number of hydrogen-bond donors (Lipinski definition) is 0. The largest absolute Gasteiger partial charge is 0.305 e. The lowest BCUT2D eigenvalue weighted by Crippen LogP contribution is -2.10. The molecule has 0 N–H and O–H groups in total. The molecule has 0 aliphatic rings. The predicted molar refractivity (Wildman–Crippen MR) is 67.1 cm³/mol. The summed E-state index contributed by atoms with van der Waals surface area (Å²) < 4.78 is 0. The van der Waals surface area contributed by atoms with Crippen LogP contribution in [0.3, 0.4) is 0 Å². The highest BCUT2D eigenvalue weighted by Gasteiger charge is 2.00. The Morgan fingerprint density at radius 2 is 2.00 bits per heavy atom. The molecule has 0 saturated heterocycles. The first kappa shape index (κ1) is 10.4. The fourth-order valence-electron chi connectivity index (χ4n) is 1.63. The molecule has 1 nitrogen and oxygen atoms in total. The number of benzene rings is 1. The molecule has 0 saturated carbocycles. The van der Waals surface area contributed by atoms with Crippen molar-refractivity contribution in [1.29, 1.82) is 0 Å². The number of thiophene rings is 1. The van der Waals surface area contributed by atoms with E-state index in [9.17, 15) is 0 Å². The quantitative estimate of drug-likeness (QED) is 0.761. The highest BCUT2D eigenvalue weighted by atomic mass is 32.1. The number of hydrogen-bond acceptors (Lipinski definition) is 2. The molecule has 0 radical (unpaired) electrons. The van der Waals surface area contributed by atoms with Crippen molar-refractivity contribution >= 4 is 11.3 Å². The second-order valence-electron chi connectivity index (χ2n) is 3.92. The molecule has 0 fully saturated rings. The Kier molecular flexibility index (Phi) is 3.19. The Morgan fingerprint density at radius 1 is 1.13 bits per heavy atom. The number of rotatable bonds is 3. The summed E-state index contributed by atoms with van der Waals surface area (Å²) in [6.45, 7) is 0.999. The van der Waals surface area contributed by atoms with Gasteiger partial charge >= 0.3 is 0 Å². The van der Waals surface area contributed by atoms with Gasteiger partial charge in [0.2, 0.25) is 0 Å². The van der Waals surface area contributed by atoms with E-state index in [2.05, 4.69) is 60.8 Å². The lowest BCUT2D eigenvalue weighted by molar-refractivity contribution is 0.402. The molecule has 1 aromatic carbocycles. The summed E-state index contributed by atoms with van der Waals surface area (Å²) >= 11 is 1.79. The Bertz CT molecular complexity index is 418. The van der Waals surface area contributed by atoms with Crippen molar-refractivity contribution in [2.45, 2.75) is 6.54 Å². The van der Waals surface area contributed by atoms with Gasteiger partial charge in [0, 0.05) is 11.4 Å². The average Bonchev–Trinajstić information content (AvgIpc) is 2.69. The predicted octanol–water partition coefficient (Wildman–Crippen LogP) is 3.48. The summed E-state index contributed by atoms with van der Waals surface area (Å²) in [6, 6.07) is 13.0. The van der Waals surface area contributed by atoms with Crippen LogP contribution in [0.15, 0.2) is 41.8 Å². The standard InChI is InChI=1S/C13H15NS/c1-14(2)10-11-5-3-6-12(9-11)13-7-4-8-15-13/h3-9H,10H2,1-2H3. The van der Waals surface area contributed by atoms with E-state index in [0.29, 0.717) is 0 Å². The molecule has 0 atom stereocenters. The zero-order valence-corrected chi connectivity index (χ0v) is 9.92. The Hall–Kier alpha value is -1.12. The van der Waals surface area contributed by atoms with E-state index in [4.69, 9.17) is 0 Å². The SMILES string of the molecule is CN(C)Cc1cccc(-c2cccs2)c1. The van der Waals surface area contributed by atoms with Gasteiger partial charge in [0.1, 0.15) is 0 Å². The van der Waals surface area contributed by atoms with Crippen molar-refractivity contribution in [3.8, 4) is 10.4 Å². The maximum absolute atomic E-state index is 2.27. The van der Waals surface area contributed by atoms with Gasteiger partial charge in [-0.05, 0) is 42.7 Å². The highest BCUT2D eigenvalue weighted by molar-refractivity contribution is 7.13. The van der Waals surface area contributed by atoms with Gasteiger partial charge in [0.05, 0.1) is 0 Å². The van der Waals surface area contributed by atoms with Gasteiger partial charge in [-0.2, -0.15) is 0 Å². The van der Waals surface area contributed by atoms with Crippen molar-refractivity contribution in [2.24, 2.45) is 0 Å². The Balaban J connectivity index is 2.27. The molecule has 0 unspecified atom stereocenters. The lowest BCUT2D eigenvalue weighted by atomic mass is 10.1. The molecule has 2 heteroatoms. The van der Waals surface area contributed by atoms with Crippen LogP contribution in [0.4, 0.5) is 0 Å². The van der Waals surface area contributed by atoms with E-state index in [1.807, 2.05) is 0 Å². The van der Waals surface area contributed by atoms with Gasteiger partial charge in [0.25, 0.3) is 0 Å². The third-order valence-electron chi connectivity index (χ3n) is 2.23. The minimum Gasteiger partial charge on any atom is -0.305 e. The maximum Gasteiger partial charge on any atom is 0.0342 e. The van der Waals surface area contributed by atoms with Crippen molar-refractivity contribution in [2.75, 3.05) is 14.1 Å². The second kappa shape index (κ2) is 4.60. The summed E-state index contributed by atoms with van der Waals surface area (Å²) in [5, 5.41) is 2.12. The minimum atomic E-state index is 0.999. The second-order valence-corrected chi connectivity index (χ2v) is 4.86. The van der Waals surface area contributed by atoms with Crippen LogP contribution in [0.2, 0.25) is 0 Å². The third-order valence-corrected chi connectivity index (χ3v) is 3.15. The Morgan fingerprint density at radius 3 is 2.67 bits per heavy atom. The van der Waals surface area contributed by atoms with E-state index in [1.165, 1.54) is 16.0 Å². The fourth-order valence-corrected chi connectivity index (χ4v) is 2.35. The topological polar surface area (TPSA) is 3.24 Å². The minimum absolute atomic E-state index is 0.999. The third kappa shape index (κ3) is 2.67. The van der Waals surface area contributed by atoms with E-state index in [-0.39, 0.29) is 0 Å². The van der Waals surface area contributed by atoms with E-state index in [1.54, 1.807) is 11.3 Å². The smallest absolute Gasteiger partial charge is 0.0342 e. The van der Waals surface area contributed by atoms with Crippen LogP contribution in [0.25, 0.3) is 10.4 Å². The van der Waals surface area contributed by atoms with Gasteiger partial charge in [0.15, 0.2) is 0 Å². The highest BCUT2D eigenvalue weighted by Crippen LogP contribution is 2.25. The first-order chi connectivity index (χ1) is 7.25. The molecule has 0 bridgehead atoms. The molecule has 0 spiro atoms. The van der Waals surface area contributed by atoms with E-state index < -0.39 is 0 Å². The first-order valence-electron chi connectivity index (χ1n) is 5.03. The lowest BCUT2D eigenvalue weighted by Gasteiger charge is -2.10. The molecule has 78 valence electrons. The van der Waals surface area contributed by atoms with E-state index >= 15 is 0 Å². The molecule has 1 heterocycles. The summed E-state index contributed by atoms with van der Waals surface area (Å²) in [4.78, 5) is 3.53. The monoisotopic (exact) mass is 217 g/mol. The van der Waals surface area contributed by atoms with Crippen molar-refractivity contribution < 1.29 is 0 Å². The molecule has 1 aromatic heterocycles. The van der Waals surface area contributed by atoms with Crippen molar-refractivity contribution in [1.82, 2.24) is 4.90 Å². The summed E-state index contributed by atoms with van der Waals surface area (Å²) in [5.74, 6) is 0. The maximum atomic E-state index is 2.27. The molecular weight excluding hydrogens is 202 g/mol. The van der Waals surface area contributed by atoms with Crippen molar-refractivity contribution in [3.63, 3.8) is 0 Å². The normalized spacial score (nSPS) is 10.9. The van der Waals surface area contributed by atoms with Crippen LogP contribution >= 0.6 is 11.3 Å².